The first-order valence-corrected chi connectivity index (χ1v) is 6.48. The molecule has 0 aromatic heterocycles. The van der Waals surface area contributed by atoms with Crippen LogP contribution >= 0.6 is 0 Å². The van der Waals surface area contributed by atoms with Crippen LogP contribution in [0.5, 0.6) is 0 Å². The Labute approximate surface area is 115 Å². The highest BCUT2D eigenvalue weighted by molar-refractivity contribution is 5.65. The zero-order chi connectivity index (χ0) is 15.3. The Morgan fingerprint density at radius 2 is 1.58 bits per heavy atom. The molecule has 3 unspecified atom stereocenters. The molecule has 6 nitrogen and oxygen atoms in total. The smallest absolute Gasteiger partial charge is 0.302 e. The van der Waals surface area contributed by atoms with Gasteiger partial charge in [-0.05, 0) is 27.7 Å². The lowest BCUT2D eigenvalue weighted by Crippen LogP contribution is -2.24. The molecule has 0 aliphatic rings. The molecule has 0 radical (unpaired) electrons. The number of aliphatic hydroxyl groups is 2. The second-order valence-corrected chi connectivity index (χ2v) is 4.24. The van der Waals surface area contributed by atoms with Crippen LogP contribution in [0.1, 0.15) is 34.6 Å². The van der Waals surface area contributed by atoms with Gasteiger partial charge in [0.05, 0.1) is 31.5 Å². The highest BCUT2D eigenvalue weighted by Crippen LogP contribution is 1.97. The van der Waals surface area contributed by atoms with Crippen LogP contribution in [0.15, 0.2) is 0 Å². The molecule has 19 heavy (non-hydrogen) atoms. The van der Waals surface area contributed by atoms with Gasteiger partial charge in [0, 0.05) is 13.5 Å². The van der Waals surface area contributed by atoms with Gasteiger partial charge in [-0.3, -0.25) is 4.79 Å². The molecule has 2 N–H and O–H groups in total. The van der Waals surface area contributed by atoms with Gasteiger partial charge in [0.2, 0.25) is 0 Å². The van der Waals surface area contributed by atoms with Gasteiger partial charge >= 0.3 is 5.97 Å². The van der Waals surface area contributed by atoms with Crippen LogP contribution in [0.2, 0.25) is 0 Å². The maximum atomic E-state index is 10.5. The molecule has 0 aromatic carbocycles. The van der Waals surface area contributed by atoms with Crippen molar-refractivity contribution in [2.24, 2.45) is 0 Å². The van der Waals surface area contributed by atoms with Gasteiger partial charge < -0.3 is 24.4 Å². The van der Waals surface area contributed by atoms with Crippen molar-refractivity contribution in [2.75, 3.05) is 26.4 Å². The summed E-state index contributed by atoms with van der Waals surface area (Å²) in [5.74, 6) is -0.279. The number of esters is 1. The van der Waals surface area contributed by atoms with Gasteiger partial charge in [-0.15, -0.1) is 0 Å². The fourth-order valence-corrected chi connectivity index (χ4v) is 0.915. The minimum Gasteiger partial charge on any atom is -0.463 e. The summed E-state index contributed by atoms with van der Waals surface area (Å²) in [5, 5.41) is 16.0. The summed E-state index contributed by atoms with van der Waals surface area (Å²) in [7, 11) is 0. The van der Waals surface area contributed by atoms with E-state index in [4.69, 9.17) is 24.4 Å². The van der Waals surface area contributed by atoms with Gasteiger partial charge in [0.15, 0.2) is 0 Å². The predicted octanol–water partition coefficient (Wildman–Crippen LogP) is 0.739. The Morgan fingerprint density at radius 1 is 1.11 bits per heavy atom. The van der Waals surface area contributed by atoms with Crippen LogP contribution in [-0.4, -0.2) is 60.9 Å². The first-order chi connectivity index (χ1) is 8.83. The average Bonchev–Trinajstić information content (AvgIpc) is 2.34. The minimum atomic E-state index is -0.560. The fraction of sp³-hybridized carbons (Fsp3) is 0.923. The number of hydrogen-bond donors (Lipinski definition) is 2. The number of aliphatic hydroxyl groups excluding tert-OH is 2. The van der Waals surface area contributed by atoms with Gasteiger partial charge in [-0.2, -0.15) is 0 Å². The molecule has 3 atom stereocenters. The van der Waals surface area contributed by atoms with E-state index in [1.807, 2.05) is 20.8 Å². The van der Waals surface area contributed by atoms with Crippen molar-refractivity contribution in [1.29, 1.82) is 0 Å². The molecule has 0 saturated carbocycles. The summed E-state index contributed by atoms with van der Waals surface area (Å²) in [6, 6.07) is 0. The summed E-state index contributed by atoms with van der Waals surface area (Å²) in [6.07, 6.45) is -0.559. The van der Waals surface area contributed by atoms with E-state index in [0.29, 0.717) is 19.8 Å². The molecule has 0 aliphatic carbocycles. The van der Waals surface area contributed by atoms with E-state index < -0.39 is 6.10 Å². The fourth-order valence-electron chi connectivity index (χ4n) is 0.915. The Balaban J connectivity index is 0. The molecule has 0 rings (SSSR count). The van der Waals surface area contributed by atoms with Gasteiger partial charge in [-0.25, -0.2) is 0 Å². The first-order valence-electron chi connectivity index (χ1n) is 6.48. The molecule has 0 aliphatic heterocycles. The monoisotopic (exact) mass is 280 g/mol. The third-order valence-electron chi connectivity index (χ3n) is 1.85. The van der Waals surface area contributed by atoms with E-state index in [-0.39, 0.29) is 24.8 Å². The number of carbonyl (C=O) groups is 1. The second-order valence-electron chi connectivity index (χ2n) is 4.24. The Bertz CT molecular complexity index is 207. The van der Waals surface area contributed by atoms with Crippen molar-refractivity contribution in [3.63, 3.8) is 0 Å². The van der Waals surface area contributed by atoms with Gasteiger partial charge in [0.1, 0.15) is 6.61 Å². The van der Waals surface area contributed by atoms with Crippen molar-refractivity contribution < 1.29 is 29.2 Å². The zero-order valence-corrected chi connectivity index (χ0v) is 12.6. The Hall–Kier alpha value is -0.690. The lowest BCUT2D eigenvalue weighted by molar-refractivity contribution is -0.145. The summed E-state index contributed by atoms with van der Waals surface area (Å²) < 4.78 is 15.5. The summed E-state index contributed by atoms with van der Waals surface area (Å²) >= 11 is 0. The lowest BCUT2D eigenvalue weighted by Gasteiger charge is -2.16. The lowest BCUT2D eigenvalue weighted by atomic mass is 10.4. The molecule has 0 saturated heterocycles. The number of hydrogen-bond acceptors (Lipinski definition) is 6. The van der Waals surface area contributed by atoms with Crippen molar-refractivity contribution in [2.45, 2.75) is 52.9 Å². The number of carbonyl (C=O) groups excluding carboxylic acids is 1. The average molecular weight is 280 g/mol. The molecular formula is C13H28O6. The number of rotatable bonds is 8. The predicted molar refractivity (Wildman–Crippen MR) is 71.9 cm³/mol. The molecule has 0 heterocycles. The SMILES string of the molecule is CC(O)CO.CCOC(C)COC(C)COC(C)=O. The topological polar surface area (TPSA) is 85.2 Å². The van der Waals surface area contributed by atoms with Crippen LogP contribution in [0.4, 0.5) is 0 Å². The quantitative estimate of drug-likeness (QED) is 0.638. The summed E-state index contributed by atoms with van der Waals surface area (Å²) in [4.78, 5) is 10.5. The molecule has 0 bridgehead atoms. The Morgan fingerprint density at radius 3 is 1.95 bits per heavy atom. The van der Waals surface area contributed by atoms with Crippen molar-refractivity contribution in [3.05, 3.63) is 0 Å². The van der Waals surface area contributed by atoms with E-state index in [2.05, 4.69) is 0 Å². The van der Waals surface area contributed by atoms with E-state index >= 15 is 0 Å². The van der Waals surface area contributed by atoms with Crippen LogP contribution in [0.25, 0.3) is 0 Å². The second kappa shape index (κ2) is 13.7. The van der Waals surface area contributed by atoms with Crippen LogP contribution in [0.3, 0.4) is 0 Å². The molecular weight excluding hydrogens is 252 g/mol. The van der Waals surface area contributed by atoms with E-state index in [1.165, 1.54) is 13.8 Å². The molecule has 0 fully saturated rings. The van der Waals surface area contributed by atoms with Crippen molar-refractivity contribution >= 4 is 5.97 Å². The molecule has 116 valence electrons. The third-order valence-corrected chi connectivity index (χ3v) is 1.85. The molecule has 6 heteroatoms. The van der Waals surface area contributed by atoms with Crippen molar-refractivity contribution in [3.8, 4) is 0 Å². The summed E-state index contributed by atoms with van der Waals surface area (Å²) in [5.41, 5.74) is 0. The van der Waals surface area contributed by atoms with Crippen LogP contribution in [-0.2, 0) is 19.0 Å². The number of ether oxygens (including phenoxy) is 3. The molecule has 0 spiro atoms. The normalized spacial score (nSPS) is 14.9. The highest BCUT2D eigenvalue weighted by atomic mass is 16.6. The van der Waals surface area contributed by atoms with Crippen LogP contribution < -0.4 is 0 Å². The van der Waals surface area contributed by atoms with Crippen molar-refractivity contribution in [1.82, 2.24) is 0 Å². The third kappa shape index (κ3) is 19.8. The van der Waals surface area contributed by atoms with E-state index in [9.17, 15) is 4.79 Å². The van der Waals surface area contributed by atoms with Crippen LogP contribution in [0, 0.1) is 0 Å². The standard InChI is InChI=1S/C10H20O4.C3H8O2/c1-5-12-8(2)6-13-9(3)7-14-10(4)11;1-3(5)2-4/h8-9H,5-7H2,1-4H3;3-5H,2H2,1H3. The van der Waals surface area contributed by atoms with Gasteiger partial charge in [-0.1, -0.05) is 0 Å². The molecule has 0 aromatic rings. The van der Waals surface area contributed by atoms with E-state index in [0.717, 1.165) is 0 Å². The summed E-state index contributed by atoms with van der Waals surface area (Å²) in [6.45, 7) is 10.0. The highest BCUT2D eigenvalue weighted by Gasteiger charge is 2.07. The molecule has 0 amide bonds. The largest absolute Gasteiger partial charge is 0.463 e. The maximum Gasteiger partial charge on any atom is 0.302 e. The first kappa shape index (κ1) is 20.6. The van der Waals surface area contributed by atoms with Gasteiger partial charge in [0.25, 0.3) is 0 Å². The minimum absolute atomic E-state index is 0.0817. The van der Waals surface area contributed by atoms with E-state index in [1.54, 1.807) is 0 Å². The Kier molecular flexibility index (Phi) is 14.9. The zero-order valence-electron chi connectivity index (χ0n) is 12.6. The maximum absolute atomic E-state index is 10.5.